The number of benzene rings is 1. The van der Waals surface area contributed by atoms with Gasteiger partial charge in [-0.3, -0.25) is 4.68 Å². The SMILES string of the molecule is Cc1nn(C)c(COC(=O)c2cccc(Cl)c2N)c1Cl. The van der Waals surface area contributed by atoms with Crippen molar-refractivity contribution in [2.75, 3.05) is 5.73 Å². The third-order valence-electron chi connectivity index (χ3n) is 2.87. The van der Waals surface area contributed by atoms with Gasteiger partial charge in [0.1, 0.15) is 6.61 Å². The largest absolute Gasteiger partial charge is 0.455 e. The molecular weight excluding hydrogens is 301 g/mol. The average Bonchev–Trinajstić information content (AvgIpc) is 2.64. The first-order valence-corrected chi connectivity index (χ1v) is 6.56. The molecule has 0 spiro atoms. The zero-order chi connectivity index (χ0) is 14.9. The minimum absolute atomic E-state index is 0.0148. The molecule has 7 heteroatoms. The Labute approximate surface area is 126 Å². The van der Waals surface area contributed by atoms with Crippen molar-refractivity contribution in [3.8, 4) is 0 Å². The predicted octanol–water partition coefficient (Wildman–Crippen LogP) is 2.97. The maximum atomic E-state index is 12.0. The van der Waals surface area contributed by atoms with Crippen LogP contribution in [0, 0.1) is 6.92 Å². The van der Waals surface area contributed by atoms with Crippen LogP contribution >= 0.6 is 23.2 Å². The standard InChI is InChI=1S/C13H13Cl2N3O2/c1-7-11(15)10(18(2)17-7)6-20-13(19)8-4-3-5-9(14)12(8)16/h3-5H,6,16H2,1-2H3. The van der Waals surface area contributed by atoms with E-state index in [1.165, 1.54) is 0 Å². The van der Waals surface area contributed by atoms with Crippen LogP contribution in [0.5, 0.6) is 0 Å². The molecule has 0 aliphatic heterocycles. The fourth-order valence-electron chi connectivity index (χ4n) is 1.76. The van der Waals surface area contributed by atoms with E-state index in [1.807, 2.05) is 0 Å². The molecule has 5 nitrogen and oxygen atoms in total. The summed E-state index contributed by atoms with van der Waals surface area (Å²) in [4.78, 5) is 12.0. The third kappa shape index (κ3) is 2.73. The number of nitrogen functional groups attached to an aromatic ring is 1. The molecule has 0 aliphatic carbocycles. The van der Waals surface area contributed by atoms with E-state index < -0.39 is 5.97 Å². The lowest BCUT2D eigenvalue weighted by Gasteiger charge is -2.08. The third-order valence-corrected chi connectivity index (χ3v) is 3.70. The van der Waals surface area contributed by atoms with E-state index in [4.69, 9.17) is 33.7 Å². The van der Waals surface area contributed by atoms with Crippen LogP contribution in [0.3, 0.4) is 0 Å². The molecule has 2 aromatic rings. The van der Waals surface area contributed by atoms with Gasteiger partial charge in [-0.15, -0.1) is 0 Å². The number of halogens is 2. The molecule has 0 atom stereocenters. The van der Waals surface area contributed by atoms with Gasteiger partial charge in [-0.2, -0.15) is 5.10 Å². The summed E-state index contributed by atoms with van der Waals surface area (Å²) in [7, 11) is 1.73. The zero-order valence-electron chi connectivity index (χ0n) is 11.0. The van der Waals surface area contributed by atoms with Crippen LogP contribution in [0.4, 0.5) is 5.69 Å². The van der Waals surface area contributed by atoms with Crippen LogP contribution in [-0.4, -0.2) is 15.7 Å². The number of nitrogens with zero attached hydrogens (tertiary/aromatic N) is 2. The molecule has 1 aromatic carbocycles. The van der Waals surface area contributed by atoms with Crippen molar-refractivity contribution in [1.29, 1.82) is 0 Å². The van der Waals surface area contributed by atoms with E-state index in [0.29, 0.717) is 21.4 Å². The lowest BCUT2D eigenvalue weighted by atomic mass is 10.2. The zero-order valence-corrected chi connectivity index (χ0v) is 12.5. The van der Waals surface area contributed by atoms with Gasteiger partial charge in [0.2, 0.25) is 0 Å². The van der Waals surface area contributed by atoms with Crippen LogP contribution in [-0.2, 0) is 18.4 Å². The second kappa shape index (κ2) is 5.73. The molecule has 0 radical (unpaired) electrons. The highest BCUT2D eigenvalue weighted by atomic mass is 35.5. The summed E-state index contributed by atoms with van der Waals surface area (Å²) in [5, 5.41) is 4.94. The summed E-state index contributed by atoms with van der Waals surface area (Å²) in [5.74, 6) is -0.556. The number of carbonyl (C=O) groups excluding carboxylic acids is 1. The number of esters is 1. The second-order valence-electron chi connectivity index (χ2n) is 4.25. The van der Waals surface area contributed by atoms with E-state index in [0.717, 1.165) is 0 Å². The molecule has 0 unspecified atom stereocenters. The summed E-state index contributed by atoms with van der Waals surface area (Å²) < 4.78 is 6.78. The number of nitrogens with two attached hydrogens (primary N) is 1. The van der Waals surface area contributed by atoms with Gasteiger partial charge in [0.15, 0.2) is 0 Å². The summed E-state index contributed by atoms with van der Waals surface area (Å²) >= 11 is 11.9. The van der Waals surface area contributed by atoms with Gasteiger partial charge in [0.25, 0.3) is 0 Å². The van der Waals surface area contributed by atoms with Crippen molar-refractivity contribution in [1.82, 2.24) is 9.78 Å². The molecule has 0 fully saturated rings. The first-order valence-electron chi connectivity index (χ1n) is 5.81. The fourth-order valence-corrected chi connectivity index (χ4v) is 2.15. The first-order chi connectivity index (χ1) is 9.41. The van der Waals surface area contributed by atoms with E-state index in [1.54, 1.807) is 36.9 Å². The molecule has 2 N–H and O–H groups in total. The summed E-state index contributed by atoms with van der Waals surface area (Å²) in [6, 6.07) is 4.80. The van der Waals surface area contributed by atoms with Gasteiger partial charge in [-0.1, -0.05) is 29.3 Å². The quantitative estimate of drug-likeness (QED) is 0.698. The molecule has 0 amide bonds. The smallest absolute Gasteiger partial charge is 0.340 e. The van der Waals surface area contributed by atoms with Gasteiger partial charge in [0.05, 0.1) is 32.7 Å². The van der Waals surface area contributed by atoms with E-state index in [-0.39, 0.29) is 17.9 Å². The Morgan fingerprint density at radius 3 is 2.75 bits per heavy atom. The molecule has 20 heavy (non-hydrogen) atoms. The highest BCUT2D eigenvalue weighted by Crippen LogP contribution is 2.24. The second-order valence-corrected chi connectivity index (χ2v) is 5.03. The fraction of sp³-hybridized carbons (Fsp3) is 0.231. The molecule has 0 saturated heterocycles. The number of para-hydroxylation sites is 1. The number of carbonyl (C=O) groups is 1. The van der Waals surface area contributed by atoms with Crippen LogP contribution in [0.1, 0.15) is 21.7 Å². The van der Waals surface area contributed by atoms with Crippen LogP contribution in [0.2, 0.25) is 10.0 Å². The Morgan fingerprint density at radius 2 is 2.15 bits per heavy atom. The highest BCUT2D eigenvalue weighted by Gasteiger charge is 2.16. The number of aromatic nitrogens is 2. The van der Waals surface area contributed by atoms with Crippen molar-refractivity contribution in [3.05, 3.63) is 45.2 Å². The molecule has 106 valence electrons. The molecule has 1 aromatic heterocycles. The van der Waals surface area contributed by atoms with E-state index in [9.17, 15) is 4.79 Å². The normalized spacial score (nSPS) is 10.6. The minimum Gasteiger partial charge on any atom is -0.455 e. The maximum absolute atomic E-state index is 12.0. The topological polar surface area (TPSA) is 70.1 Å². The van der Waals surface area contributed by atoms with Crippen LogP contribution < -0.4 is 5.73 Å². The van der Waals surface area contributed by atoms with Gasteiger partial charge in [-0.05, 0) is 19.1 Å². The van der Waals surface area contributed by atoms with Crippen LogP contribution in [0.25, 0.3) is 0 Å². The van der Waals surface area contributed by atoms with E-state index in [2.05, 4.69) is 5.10 Å². The summed E-state index contributed by atoms with van der Waals surface area (Å²) in [6.45, 7) is 1.80. The lowest BCUT2D eigenvalue weighted by molar-refractivity contribution is 0.0465. The maximum Gasteiger partial charge on any atom is 0.340 e. The number of anilines is 1. The van der Waals surface area contributed by atoms with Gasteiger partial charge < -0.3 is 10.5 Å². The number of rotatable bonds is 3. The monoisotopic (exact) mass is 313 g/mol. The number of hydrogen-bond acceptors (Lipinski definition) is 4. The number of aryl methyl sites for hydroxylation is 2. The highest BCUT2D eigenvalue weighted by molar-refractivity contribution is 6.33. The molecule has 0 aliphatic rings. The molecular formula is C13H13Cl2N3O2. The summed E-state index contributed by atoms with van der Waals surface area (Å²) in [5.41, 5.74) is 7.48. The van der Waals surface area contributed by atoms with Gasteiger partial charge in [0, 0.05) is 7.05 Å². The van der Waals surface area contributed by atoms with Gasteiger partial charge in [-0.25, -0.2) is 4.79 Å². The van der Waals surface area contributed by atoms with Crippen LogP contribution in [0.15, 0.2) is 18.2 Å². The predicted molar refractivity (Wildman–Crippen MR) is 77.9 cm³/mol. The van der Waals surface area contributed by atoms with E-state index >= 15 is 0 Å². The minimum atomic E-state index is -0.556. The average molecular weight is 314 g/mol. The van der Waals surface area contributed by atoms with Crippen molar-refractivity contribution >= 4 is 34.9 Å². The van der Waals surface area contributed by atoms with Crippen molar-refractivity contribution in [3.63, 3.8) is 0 Å². The molecule has 0 saturated carbocycles. The first kappa shape index (κ1) is 14.7. The molecule has 1 heterocycles. The van der Waals surface area contributed by atoms with Gasteiger partial charge >= 0.3 is 5.97 Å². The Bertz CT molecular complexity index is 668. The molecule has 0 bridgehead atoms. The Morgan fingerprint density at radius 1 is 1.45 bits per heavy atom. The summed E-state index contributed by atoms with van der Waals surface area (Å²) in [6.07, 6.45) is 0. The Hall–Kier alpha value is -1.72. The molecule has 2 rings (SSSR count). The lowest BCUT2D eigenvalue weighted by Crippen LogP contribution is -2.10. The Kier molecular flexibility index (Phi) is 4.20. The van der Waals surface area contributed by atoms with Crippen molar-refractivity contribution < 1.29 is 9.53 Å². The number of hydrogen-bond donors (Lipinski definition) is 1. The van der Waals surface area contributed by atoms with Crippen molar-refractivity contribution in [2.24, 2.45) is 7.05 Å². The Balaban J connectivity index is 2.15. The number of ether oxygens (including phenoxy) is 1. The van der Waals surface area contributed by atoms with Crippen molar-refractivity contribution in [2.45, 2.75) is 13.5 Å².